The average Bonchev–Trinajstić information content (AvgIpc) is 2.29. The first-order valence-corrected chi connectivity index (χ1v) is 3.96. The summed E-state index contributed by atoms with van der Waals surface area (Å²) in [6.07, 6.45) is 0. The highest BCUT2D eigenvalue weighted by Gasteiger charge is 2.47. The van der Waals surface area contributed by atoms with Crippen LogP contribution < -0.4 is 5.73 Å². The van der Waals surface area contributed by atoms with Gasteiger partial charge in [-0.05, 0) is 0 Å². The van der Waals surface area contributed by atoms with Gasteiger partial charge in [0, 0.05) is 0 Å². The van der Waals surface area contributed by atoms with Crippen molar-refractivity contribution in [2.75, 3.05) is 26.4 Å². The Kier molecular flexibility index (Phi) is 1.93. The molecule has 72 valence electrons. The number of amides is 1. The third kappa shape index (κ3) is 1.38. The topological polar surface area (TPSA) is 83.1 Å². The lowest BCUT2D eigenvalue weighted by atomic mass is 10.1. The fourth-order valence-corrected chi connectivity index (χ4v) is 1.28. The van der Waals surface area contributed by atoms with E-state index < -0.39 is 11.5 Å². The minimum Gasteiger partial charge on any atom is -0.443 e. The third-order valence-corrected chi connectivity index (χ3v) is 1.94. The fourth-order valence-electron chi connectivity index (χ4n) is 1.28. The first-order valence-electron chi connectivity index (χ1n) is 3.96. The van der Waals surface area contributed by atoms with Crippen molar-refractivity contribution in [1.29, 1.82) is 0 Å². The lowest BCUT2D eigenvalue weighted by Crippen LogP contribution is -2.46. The highest BCUT2D eigenvalue weighted by Crippen LogP contribution is 2.21. The largest absolute Gasteiger partial charge is 0.443 e. The van der Waals surface area contributed by atoms with Crippen LogP contribution in [-0.2, 0) is 19.0 Å². The number of rotatable bonds is 0. The predicted molar refractivity (Wildman–Crippen MR) is 42.1 cm³/mol. The van der Waals surface area contributed by atoms with Crippen molar-refractivity contribution in [3.8, 4) is 0 Å². The van der Waals surface area contributed by atoms with Gasteiger partial charge in [-0.1, -0.05) is 0 Å². The van der Waals surface area contributed by atoms with E-state index in [1.54, 1.807) is 0 Å². The Labute approximate surface area is 74.7 Å². The molecule has 6 heteroatoms. The van der Waals surface area contributed by atoms with E-state index in [4.69, 9.17) is 19.9 Å². The minimum absolute atomic E-state index is 0.112. The van der Waals surface area contributed by atoms with Crippen molar-refractivity contribution < 1.29 is 19.0 Å². The van der Waals surface area contributed by atoms with Crippen LogP contribution in [0.1, 0.15) is 0 Å². The highest BCUT2D eigenvalue weighted by atomic mass is 16.6. The Morgan fingerprint density at radius 3 is 2.38 bits per heavy atom. The van der Waals surface area contributed by atoms with Gasteiger partial charge in [0.15, 0.2) is 0 Å². The van der Waals surface area contributed by atoms with Crippen molar-refractivity contribution in [3.63, 3.8) is 0 Å². The molecule has 0 aromatic rings. The van der Waals surface area contributed by atoms with Crippen molar-refractivity contribution in [2.24, 2.45) is 10.7 Å². The second-order valence-electron chi connectivity index (χ2n) is 2.96. The Balaban J connectivity index is 2.16. The number of ether oxygens (including phenoxy) is 3. The average molecular weight is 186 g/mol. The van der Waals surface area contributed by atoms with E-state index in [9.17, 15) is 4.79 Å². The van der Waals surface area contributed by atoms with Crippen LogP contribution >= 0.6 is 0 Å². The van der Waals surface area contributed by atoms with E-state index in [1.807, 2.05) is 0 Å². The third-order valence-electron chi connectivity index (χ3n) is 1.94. The summed E-state index contributed by atoms with van der Waals surface area (Å²) < 4.78 is 15.4. The van der Waals surface area contributed by atoms with Crippen LogP contribution in [0.4, 0.5) is 0 Å². The monoisotopic (exact) mass is 186 g/mol. The Hall–Kier alpha value is -1.14. The van der Waals surface area contributed by atoms with Crippen LogP contribution in [0.15, 0.2) is 4.99 Å². The number of hydrogen-bond donors (Lipinski definition) is 1. The van der Waals surface area contributed by atoms with Gasteiger partial charge < -0.3 is 19.9 Å². The molecule has 0 atom stereocenters. The Bertz CT molecular complexity index is 255. The molecule has 2 rings (SSSR count). The molecule has 1 amide bonds. The van der Waals surface area contributed by atoms with Gasteiger partial charge in [-0.2, -0.15) is 4.99 Å². The Morgan fingerprint density at radius 1 is 1.31 bits per heavy atom. The van der Waals surface area contributed by atoms with Crippen LogP contribution in [0.5, 0.6) is 0 Å². The van der Waals surface area contributed by atoms with Gasteiger partial charge in [0.1, 0.15) is 0 Å². The van der Waals surface area contributed by atoms with Crippen molar-refractivity contribution in [2.45, 2.75) is 5.60 Å². The molecule has 0 aromatic carbocycles. The molecule has 0 bridgehead atoms. The van der Waals surface area contributed by atoms with Gasteiger partial charge in [-0.25, -0.2) is 0 Å². The van der Waals surface area contributed by atoms with Crippen LogP contribution in [0, 0.1) is 0 Å². The number of carbonyl (C=O) groups is 1. The first-order chi connectivity index (χ1) is 6.23. The zero-order valence-corrected chi connectivity index (χ0v) is 6.99. The Morgan fingerprint density at radius 2 is 1.92 bits per heavy atom. The predicted octanol–water partition coefficient (Wildman–Crippen LogP) is -1.36. The maximum absolute atomic E-state index is 11.4. The van der Waals surface area contributed by atoms with Crippen LogP contribution in [0.3, 0.4) is 0 Å². The summed E-state index contributed by atoms with van der Waals surface area (Å²) in [5.74, 6) is -0.424. The molecule has 0 aromatic heterocycles. The highest BCUT2D eigenvalue weighted by molar-refractivity contribution is 6.01. The van der Waals surface area contributed by atoms with Crippen molar-refractivity contribution in [3.05, 3.63) is 0 Å². The maximum Gasteiger partial charge on any atom is 0.299 e. The van der Waals surface area contributed by atoms with Gasteiger partial charge in [-0.15, -0.1) is 0 Å². The number of carbonyl (C=O) groups excluding carboxylic acids is 1. The molecule has 0 aliphatic carbocycles. The maximum atomic E-state index is 11.4. The second kappa shape index (κ2) is 2.97. The molecule has 2 aliphatic heterocycles. The zero-order valence-electron chi connectivity index (χ0n) is 6.99. The summed E-state index contributed by atoms with van der Waals surface area (Å²) in [7, 11) is 0. The molecule has 2 aliphatic rings. The van der Waals surface area contributed by atoms with Crippen LogP contribution in [-0.4, -0.2) is 44.0 Å². The van der Waals surface area contributed by atoms with Crippen molar-refractivity contribution in [1.82, 2.24) is 0 Å². The van der Waals surface area contributed by atoms with E-state index in [0.29, 0.717) is 13.2 Å². The van der Waals surface area contributed by atoms with Gasteiger partial charge in [-0.3, -0.25) is 4.79 Å². The smallest absolute Gasteiger partial charge is 0.299 e. The van der Waals surface area contributed by atoms with Gasteiger partial charge in [0.25, 0.3) is 11.9 Å². The molecular weight excluding hydrogens is 176 g/mol. The molecule has 2 N–H and O–H groups in total. The zero-order chi connectivity index (χ0) is 9.31. The van der Waals surface area contributed by atoms with Gasteiger partial charge in [0.05, 0.1) is 26.4 Å². The summed E-state index contributed by atoms with van der Waals surface area (Å²) in [6, 6.07) is -0.112. The van der Waals surface area contributed by atoms with E-state index in [1.165, 1.54) is 0 Å². The van der Waals surface area contributed by atoms with Gasteiger partial charge in [0.2, 0.25) is 5.60 Å². The molecule has 1 fully saturated rings. The van der Waals surface area contributed by atoms with E-state index >= 15 is 0 Å². The standard InChI is InChI=1S/C7H10N2O4/c8-6-9-5(10)7(13-6)3-11-1-2-12-4-7/h1-4H2,(H2,8,9,10). The number of hydrogen-bond acceptors (Lipinski definition) is 5. The number of aliphatic imine (C=N–C) groups is 1. The number of amidine groups is 1. The normalized spacial score (nSPS) is 26.8. The molecule has 1 saturated heterocycles. The second-order valence-corrected chi connectivity index (χ2v) is 2.96. The summed E-state index contributed by atoms with van der Waals surface area (Å²) in [5, 5.41) is 0. The van der Waals surface area contributed by atoms with Crippen LogP contribution in [0.25, 0.3) is 0 Å². The molecule has 0 unspecified atom stereocenters. The molecule has 2 heterocycles. The number of nitrogens with two attached hydrogens (primary N) is 1. The lowest BCUT2D eigenvalue weighted by Gasteiger charge is -2.22. The SMILES string of the molecule is NC1=NC(=O)C2(COCCOC2)O1. The summed E-state index contributed by atoms with van der Waals surface area (Å²) in [5.41, 5.74) is 4.15. The summed E-state index contributed by atoms with van der Waals surface area (Å²) in [6.45, 7) is 1.21. The molecule has 13 heavy (non-hydrogen) atoms. The van der Waals surface area contributed by atoms with E-state index in [2.05, 4.69) is 4.99 Å². The molecule has 0 saturated carbocycles. The molecule has 0 radical (unpaired) electrons. The van der Waals surface area contributed by atoms with Crippen LogP contribution in [0.2, 0.25) is 0 Å². The molecular formula is C7H10N2O4. The van der Waals surface area contributed by atoms with Crippen molar-refractivity contribution >= 4 is 11.9 Å². The van der Waals surface area contributed by atoms with E-state index in [0.717, 1.165) is 0 Å². The first kappa shape index (κ1) is 8.46. The minimum atomic E-state index is -1.12. The quantitative estimate of drug-likeness (QED) is 0.505. The number of nitrogens with zero attached hydrogens (tertiary/aromatic N) is 1. The molecule has 6 nitrogen and oxygen atoms in total. The summed E-state index contributed by atoms with van der Waals surface area (Å²) >= 11 is 0. The fraction of sp³-hybridized carbons (Fsp3) is 0.714. The molecule has 1 spiro atoms. The van der Waals surface area contributed by atoms with E-state index in [-0.39, 0.29) is 19.2 Å². The van der Waals surface area contributed by atoms with Gasteiger partial charge >= 0.3 is 0 Å². The summed E-state index contributed by atoms with van der Waals surface area (Å²) in [4.78, 5) is 14.8. The lowest BCUT2D eigenvalue weighted by molar-refractivity contribution is -0.138.